The molecule has 1 aliphatic rings. The molecule has 4 nitrogen and oxygen atoms in total. The Labute approximate surface area is 103 Å². The first-order valence-corrected chi connectivity index (χ1v) is 6.81. The van der Waals surface area contributed by atoms with Crippen LogP contribution in [-0.2, 0) is 17.9 Å². The van der Waals surface area contributed by atoms with Crippen LogP contribution in [0.4, 0.5) is 0 Å². The monoisotopic (exact) mass is 247 g/mol. The largest absolute Gasteiger partial charge is 0.292 e. The van der Waals surface area contributed by atoms with Crippen LogP contribution >= 0.6 is 11.8 Å². The third kappa shape index (κ3) is 1.70. The van der Waals surface area contributed by atoms with E-state index in [1.807, 2.05) is 12.1 Å². The Morgan fingerprint density at radius 1 is 1.53 bits per heavy atom. The zero-order valence-corrected chi connectivity index (χ0v) is 10.4. The van der Waals surface area contributed by atoms with Crippen LogP contribution in [0, 0.1) is 0 Å². The number of fused-ring (bicyclic) bond motifs is 1. The van der Waals surface area contributed by atoms with E-state index in [-0.39, 0.29) is 5.56 Å². The van der Waals surface area contributed by atoms with Crippen molar-refractivity contribution < 1.29 is 0 Å². The summed E-state index contributed by atoms with van der Waals surface area (Å²) < 4.78 is 1.56. The fourth-order valence-electron chi connectivity index (χ4n) is 2.00. The number of pyridine rings is 1. The quantitative estimate of drug-likeness (QED) is 0.881. The van der Waals surface area contributed by atoms with Gasteiger partial charge in [-0.2, -0.15) is 11.8 Å². The van der Waals surface area contributed by atoms with Crippen LogP contribution < -0.4 is 5.56 Å². The topological polar surface area (TPSA) is 50.7 Å². The Hall–Kier alpha value is -1.49. The molecule has 0 aliphatic carbocycles. The molecular weight excluding hydrogens is 234 g/mol. The highest BCUT2D eigenvalue weighted by atomic mass is 32.2. The van der Waals surface area contributed by atoms with Gasteiger partial charge in [-0.05, 0) is 24.1 Å². The van der Waals surface area contributed by atoms with Gasteiger partial charge in [0.05, 0.1) is 11.3 Å². The Bertz CT molecular complexity index is 614. The molecule has 0 atom stereocenters. The fraction of sp³-hybridized carbons (Fsp3) is 0.333. The minimum absolute atomic E-state index is 0.0470. The normalized spacial score (nSPS) is 13.9. The minimum atomic E-state index is 0.0470. The lowest BCUT2D eigenvalue weighted by molar-refractivity contribution is 0.801. The first kappa shape index (κ1) is 10.7. The zero-order valence-electron chi connectivity index (χ0n) is 9.56. The van der Waals surface area contributed by atoms with Gasteiger partial charge in [0.25, 0.3) is 5.56 Å². The predicted octanol–water partition coefficient (Wildman–Crippen LogP) is 1.87. The third-order valence-electron chi connectivity index (χ3n) is 3.01. The van der Waals surface area contributed by atoms with E-state index >= 15 is 0 Å². The van der Waals surface area contributed by atoms with Crippen LogP contribution in [0.15, 0.2) is 23.1 Å². The van der Waals surface area contributed by atoms with Gasteiger partial charge in [0.1, 0.15) is 0 Å². The van der Waals surface area contributed by atoms with Gasteiger partial charge < -0.3 is 0 Å². The van der Waals surface area contributed by atoms with Gasteiger partial charge in [0.15, 0.2) is 5.82 Å². The number of aromatic amines is 1. The van der Waals surface area contributed by atoms with E-state index in [0.29, 0.717) is 5.82 Å². The van der Waals surface area contributed by atoms with Crippen molar-refractivity contribution in [2.24, 2.45) is 0 Å². The lowest BCUT2D eigenvalue weighted by Crippen LogP contribution is -2.18. The van der Waals surface area contributed by atoms with Crippen molar-refractivity contribution in [3.8, 4) is 5.82 Å². The van der Waals surface area contributed by atoms with E-state index < -0.39 is 0 Å². The first-order valence-electron chi connectivity index (χ1n) is 5.65. The summed E-state index contributed by atoms with van der Waals surface area (Å²) in [5.74, 6) is 2.39. The summed E-state index contributed by atoms with van der Waals surface area (Å²) >= 11 is 1.77. The van der Waals surface area contributed by atoms with Gasteiger partial charge in [0.2, 0.25) is 0 Å². The molecule has 3 rings (SSSR count). The van der Waals surface area contributed by atoms with Gasteiger partial charge in [-0.15, -0.1) is 0 Å². The summed E-state index contributed by atoms with van der Waals surface area (Å²) in [6.45, 7) is 2.09. The lowest BCUT2D eigenvalue weighted by Gasteiger charge is -2.03. The molecule has 0 radical (unpaired) electrons. The second-order valence-electron chi connectivity index (χ2n) is 4.08. The van der Waals surface area contributed by atoms with Crippen LogP contribution in [0.5, 0.6) is 0 Å². The van der Waals surface area contributed by atoms with Crippen LogP contribution in [0.3, 0.4) is 0 Å². The van der Waals surface area contributed by atoms with Crippen LogP contribution in [-0.4, -0.2) is 14.8 Å². The molecule has 0 saturated heterocycles. The number of nitrogens with zero attached hydrogens (tertiary/aromatic N) is 2. The number of hydrogen-bond acceptors (Lipinski definition) is 3. The van der Waals surface area contributed by atoms with Crippen LogP contribution in [0.1, 0.15) is 23.7 Å². The Morgan fingerprint density at radius 2 is 2.41 bits per heavy atom. The number of aromatic nitrogens is 3. The molecule has 2 aromatic rings. The van der Waals surface area contributed by atoms with Crippen molar-refractivity contribution in [1.29, 1.82) is 0 Å². The molecule has 5 heteroatoms. The van der Waals surface area contributed by atoms with Crippen LogP contribution in [0.25, 0.3) is 5.82 Å². The fourth-order valence-corrected chi connectivity index (χ4v) is 3.05. The highest BCUT2D eigenvalue weighted by molar-refractivity contribution is 7.98. The molecule has 2 aromatic heterocycles. The molecule has 1 N–H and O–H groups in total. The standard InChI is InChI=1S/C12H13N3OS/c1-2-8-3-4-13-11(5-8)15-12(16)9-6-17-7-10(9)14-15/h3-5,14H,2,6-7H2,1H3. The number of H-pyrrole nitrogens is 1. The highest BCUT2D eigenvalue weighted by Crippen LogP contribution is 2.26. The number of nitrogens with one attached hydrogen (secondary N) is 1. The molecule has 0 aromatic carbocycles. The Morgan fingerprint density at radius 3 is 3.18 bits per heavy atom. The summed E-state index contributed by atoms with van der Waals surface area (Å²) in [5, 5.41) is 3.15. The molecule has 0 spiro atoms. The molecule has 17 heavy (non-hydrogen) atoms. The van der Waals surface area contributed by atoms with Crippen LogP contribution in [0.2, 0.25) is 0 Å². The summed E-state index contributed by atoms with van der Waals surface area (Å²) in [6, 6.07) is 3.93. The summed E-state index contributed by atoms with van der Waals surface area (Å²) in [5.41, 5.74) is 3.18. The summed E-state index contributed by atoms with van der Waals surface area (Å²) in [6.07, 6.45) is 2.70. The van der Waals surface area contributed by atoms with Crippen molar-refractivity contribution in [3.63, 3.8) is 0 Å². The highest BCUT2D eigenvalue weighted by Gasteiger charge is 2.20. The molecule has 1 aliphatic heterocycles. The molecule has 0 saturated carbocycles. The second kappa shape index (κ2) is 4.07. The van der Waals surface area contributed by atoms with Crippen molar-refractivity contribution in [3.05, 3.63) is 45.5 Å². The lowest BCUT2D eigenvalue weighted by atomic mass is 10.2. The maximum atomic E-state index is 12.1. The molecule has 0 unspecified atom stereocenters. The van der Waals surface area contributed by atoms with E-state index in [1.165, 1.54) is 5.56 Å². The first-order chi connectivity index (χ1) is 8.29. The van der Waals surface area contributed by atoms with E-state index in [0.717, 1.165) is 29.2 Å². The SMILES string of the molecule is CCc1ccnc(-n2[nH]c3c(c2=O)CSC3)c1. The average molecular weight is 247 g/mol. The average Bonchev–Trinajstić information content (AvgIpc) is 2.93. The number of rotatable bonds is 2. The Balaban J connectivity index is 2.12. The van der Waals surface area contributed by atoms with Gasteiger partial charge in [-0.3, -0.25) is 9.89 Å². The molecule has 0 bridgehead atoms. The Kier molecular flexibility index (Phi) is 2.55. The van der Waals surface area contributed by atoms with Crippen molar-refractivity contribution in [2.75, 3.05) is 0 Å². The molecular formula is C12H13N3OS. The van der Waals surface area contributed by atoms with E-state index in [9.17, 15) is 4.79 Å². The maximum Gasteiger partial charge on any atom is 0.276 e. The van der Waals surface area contributed by atoms with E-state index in [4.69, 9.17) is 0 Å². The summed E-state index contributed by atoms with van der Waals surface area (Å²) in [4.78, 5) is 16.4. The molecule has 88 valence electrons. The number of aryl methyl sites for hydroxylation is 1. The van der Waals surface area contributed by atoms with Crippen molar-refractivity contribution in [2.45, 2.75) is 24.9 Å². The molecule has 0 fully saturated rings. The zero-order chi connectivity index (χ0) is 11.8. The summed E-state index contributed by atoms with van der Waals surface area (Å²) in [7, 11) is 0. The molecule has 3 heterocycles. The number of thioether (sulfide) groups is 1. The predicted molar refractivity (Wildman–Crippen MR) is 68.6 cm³/mol. The maximum absolute atomic E-state index is 12.1. The third-order valence-corrected chi connectivity index (χ3v) is 4.00. The van der Waals surface area contributed by atoms with Gasteiger partial charge in [-0.1, -0.05) is 6.92 Å². The molecule has 0 amide bonds. The van der Waals surface area contributed by atoms with E-state index in [2.05, 4.69) is 17.0 Å². The number of hydrogen-bond donors (Lipinski definition) is 1. The van der Waals surface area contributed by atoms with Gasteiger partial charge in [0, 0.05) is 17.7 Å². The minimum Gasteiger partial charge on any atom is -0.292 e. The van der Waals surface area contributed by atoms with E-state index in [1.54, 1.807) is 22.6 Å². The second-order valence-corrected chi connectivity index (χ2v) is 5.06. The van der Waals surface area contributed by atoms with Crippen molar-refractivity contribution in [1.82, 2.24) is 14.8 Å². The van der Waals surface area contributed by atoms with Gasteiger partial charge in [-0.25, -0.2) is 9.67 Å². The smallest absolute Gasteiger partial charge is 0.276 e. The van der Waals surface area contributed by atoms with Gasteiger partial charge >= 0.3 is 0 Å². The van der Waals surface area contributed by atoms with Crippen molar-refractivity contribution >= 4 is 11.8 Å².